The fourth-order valence-electron chi connectivity index (χ4n) is 3.65. The van der Waals surface area contributed by atoms with Crippen LogP contribution >= 0.6 is 0 Å². The lowest BCUT2D eigenvalue weighted by atomic mass is 10.1. The Hall–Kier alpha value is 0.0969. The molecule has 1 radical (unpaired) electrons. The van der Waals surface area contributed by atoms with Crippen molar-refractivity contribution in [2.24, 2.45) is 0 Å². The molecule has 1 aliphatic rings. The minimum atomic E-state index is -0.579. The lowest BCUT2D eigenvalue weighted by Gasteiger charge is -2.31. The van der Waals surface area contributed by atoms with Crippen molar-refractivity contribution in [2.45, 2.75) is 102 Å². The Morgan fingerprint density at radius 1 is 0.783 bits per heavy atom. The molecule has 0 spiro atoms. The summed E-state index contributed by atoms with van der Waals surface area (Å²) >= 11 is 0. The largest absolute Gasteiger partial charge is 0.345 e. The number of methoxy groups -OCH3 is 2. The minimum absolute atomic E-state index is 0.414. The van der Waals surface area contributed by atoms with Crippen molar-refractivity contribution in [1.82, 2.24) is 5.32 Å². The van der Waals surface area contributed by atoms with Crippen molar-refractivity contribution in [3.63, 3.8) is 0 Å². The zero-order valence-electron chi connectivity index (χ0n) is 15.9. The van der Waals surface area contributed by atoms with Crippen molar-refractivity contribution in [3.05, 3.63) is 0 Å². The molecule has 1 N–H and O–H groups in total. The van der Waals surface area contributed by atoms with E-state index < -0.39 is 14.3 Å². The van der Waals surface area contributed by atoms with E-state index in [0.717, 1.165) is 6.54 Å². The van der Waals surface area contributed by atoms with Gasteiger partial charge in [0.2, 0.25) is 5.53 Å². The average Bonchev–Trinajstić information content (AvgIpc) is 2.99. The van der Waals surface area contributed by atoms with E-state index in [2.05, 4.69) is 12.2 Å². The molecule has 1 aliphatic heterocycles. The van der Waals surface area contributed by atoms with Crippen LogP contribution in [0.4, 0.5) is 0 Å². The second kappa shape index (κ2) is 13.4. The van der Waals surface area contributed by atoms with Gasteiger partial charge in [0.1, 0.15) is 8.80 Å². The summed E-state index contributed by atoms with van der Waals surface area (Å²) in [4.78, 5) is 0. The van der Waals surface area contributed by atoms with Crippen molar-refractivity contribution in [2.75, 3.05) is 20.8 Å². The maximum Gasteiger partial charge on any atom is 0.202 e. The first-order valence-corrected chi connectivity index (χ1v) is 11.9. The van der Waals surface area contributed by atoms with E-state index in [4.69, 9.17) is 9.47 Å². The van der Waals surface area contributed by atoms with E-state index in [-0.39, 0.29) is 0 Å². The molecule has 1 saturated heterocycles. The van der Waals surface area contributed by atoms with Crippen molar-refractivity contribution < 1.29 is 9.47 Å². The maximum atomic E-state index is 5.63. The van der Waals surface area contributed by atoms with Gasteiger partial charge in [0.25, 0.3) is 0 Å². The van der Waals surface area contributed by atoms with E-state index in [1.807, 2.05) is 0 Å². The van der Waals surface area contributed by atoms with Crippen LogP contribution in [0.25, 0.3) is 0 Å². The lowest BCUT2D eigenvalue weighted by Crippen LogP contribution is -2.53. The second-order valence-electron chi connectivity index (χ2n) is 6.94. The maximum absolute atomic E-state index is 5.63. The Morgan fingerprint density at radius 2 is 1.26 bits per heavy atom. The van der Waals surface area contributed by atoms with Gasteiger partial charge in [0, 0.05) is 14.2 Å². The summed E-state index contributed by atoms with van der Waals surface area (Å²) < 4.78 is 11.3. The van der Waals surface area contributed by atoms with Crippen LogP contribution < -0.4 is 5.32 Å². The van der Waals surface area contributed by atoms with Crippen molar-refractivity contribution in [3.8, 4) is 0 Å². The molecule has 0 aromatic heterocycles. The van der Waals surface area contributed by atoms with Gasteiger partial charge in [-0.1, -0.05) is 90.0 Å². The summed E-state index contributed by atoms with van der Waals surface area (Å²) in [5.41, 5.74) is -0.414. The highest BCUT2D eigenvalue weighted by molar-refractivity contribution is 6.62. The zero-order chi connectivity index (χ0) is 16.8. The quantitative estimate of drug-likeness (QED) is 0.250. The summed E-state index contributed by atoms with van der Waals surface area (Å²) in [6, 6.07) is 2.58. The van der Waals surface area contributed by atoms with Gasteiger partial charge >= 0.3 is 0 Å². The van der Waals surface area contributed by atoms with Gasteiger partial charge in [-0.05, 0) is 12.6 Å². The molecule has 4 heteroatoms. The molecule has 0 aromatic rings. The summed E-state index contributed by atoms with van der Waals surface area (Å²) in [6.45, 7) is 3.34. The number of hydrogen-bond donors (Lipinski definition) is 1. The predicted molar refractivity (Wildman–Crippen MR) is 101 cm³/mol. The van der Waals surface area contributed by atoms with Crippen molar-refractivity contribution in [1.29, 1.82) is 0 Å². The number of unbranched alkanes of at least 4 members (excludes halogenated alkanes) is 11. The number of hydrogen-bond acceptors (Lipinski definition) is 3. The lowest BCUT2D eigenvalue weighted by molar-refractivity contribution is -0.162. The van der Waals surface area contributed by atoms with Gasteiger partial charge in [0.05, 0.1) is 0 Å². The normalized spacial score (nSPS) is 17.9. The molecule has 1 fully saturated rings. The molecule has 1 heterocycles. The predicted octanol–water partition coefficient (Wildman–Crippen LogP) is 5.27. The Bertz CT molecular complexity index is 272. The molecule has 3 nitrogen and oxygen atoms in total. The second-order valence-corrected chi connectivity index (χ2v) is 9.81. The van der Waals surface area contributed by atoms with E-state index in [1.54, 1.807) is 14.2 Å². The Balaban J connectivity index is 1.90. The number of nitrogens with one attached hydrogen (secondary N) is 1. The molecular formula is C19H40NO2Si. The van der Waals surface area contributed by atoms with Crippen molar-refractivity contribution >= 4 is 8.80 Å². The number of rotatable bonds is 15. The highest BCUT2D eigenvalue weighted by atomic mass is 28.3. The minimum Gasteiger partial charge on any atom is -0.345 e. The van der Waals surface area contributed by atoms with Gasteiger partial charge in [0.15, 0.2) is 0 Å². The van der Waals surface area contributed by atoms with Crippen LogP contribution in [0.3, 0.4) is 0 Å². The third-order valence-corrected chi connectivity index (χ3v) is 8.48. The molecular weight excluding hydrogens is 302 g/mol. The molecule has 0 saturated carbocycles. The Kier molecular flexibility index (Phi) is 12.3. The summed E-state index contributed by atoms with van der Waals surface area (Å²) in [5.74, 6) is 0. The molecule has 0 unspecified atom stereocenters. The van der Waals surface area contributed by atoms with E-state index >= 15 is 0 Å². The van der Waals surface area contributed by atoms with Gasteiger partial charge in [-0.2, -0.15) is 0 Å². The van der Waals surface area contributed by atoms with E-state index in [0.29, 0.717) is 0 Å². The third kappa shape index (κ3) is 8.15. The van der Waals surface area contributed by atoms with Crippen LogP contribution in [0.2, 0.25) is 12.1 Å². The van der Waals surface area contributed by atoms with E-state index in [1.165, 1.54) is 89.1 Å². The van der Waals surface area contributed by atoms with Gasteiger partial charge in [-0.15, -0.1) is 0 Å². The van der Waals surface area contributed by atoms with Gasteiger partial charge in [-0.25, -0.2) is 0 Å². The van der Waals surface area contributed by atoms with Crippen LogP contribution in [0, 0.1) is 0 Å². The monoisotopic (exact) mass is 342 g/mol. The molecule has 137 valence electrons. The van der Waals surface area contributed by atoms with Gasteiger partial charge < -0.3 is 9.47 Å². The first-order chi connectivity index (χ1) is 11.3. The SMILES string of the molecule is CCCCCCCCCCCCCC[Si]1CCNC1(OC)OC. The fourth-order valence-corrected chi connectivity index (χ4v) is 6.62. The summed E-state index contributed by atoms with van der Waals surface area (Å²) in [7, 11) is 2.97. The van der Waals surface area contributed by atoms with Gasteiger partial charge in [-0.3, -0.25) is 5.32 Å². The molecule has 0 atom stereocenters. The van der Waals surface area contributed by atoms with Crippen LogP contribution in [0.1, 0.15) is 84.0 Å². The summed E-state index contributed by atoms with van der Waals surface area (Å²) in [5, 5.41) is 3.41. The van der Waals surface area contributed by atoms with Crippen LogP contribution in [-0.4, -0.2) is 35.1 Å². The van der Waals surface area contributed by atoms with Crippen LogP contribution in [0.5, 0.6) is 0 Å². The van der Waals surface area contributed by atoms with E-state index in [9.17, 15) is 0 Å². The fraction of sp³-hybridized carbons (Fsp3) is 1.00. The molecule has 23 heavy (non-hydrogen) atoms. The zero-order valence-corrected chi connectivity index (χ0v) is 16.9. The molecule has 0 bridgehead atoms. The summed E-state index contributed by atoms with van der Waals surface area (Å²) in [6.07, 6.45) is 17.0. The van der Waals surface area contributed by atoms with Crippen LogP contribution in [0.15, 0.2) is 0 Å². The molecule has 0 amide bonds. The highest BCUT2D eigenvalue weighted by Crippen LogP contribution is 2.26. The first-order valence-electron chi connectivity index (χ1n) is 9.99. The first kappa shape index (κ1) is 21.1. The van der Waals surface area contributed by atoms with Crippen LogP contribution in [-0.2, 0) is 9.47 Å². The highest BCUT2D eigenvalue weighted by Gasteiger charge is 2.44. The number of ether oxygens (including phenoxy) is 2. The molecule has 1 rings (SSSR count). The molecule has 0 aliphatic carbocycles. The standard InChI is InChI=1S/C19H40NO2Si/c1-4-5-6-7-8-9-10-11-12-13-14-15-17-23-18-16-20-19(23,21-2)22-3/h20H,4-18H2,1-3H3. The smallest absolute Gasteiger partial charge is 0.202 e. The average molecular weight is 343 g/mol. The Labute approximate surface area is 146 Å². The molecule has 0 aromatic carbocycles. The third-order valence-electron chi connectivity index (χ3n) is 5.16. The Morgan fingerprint density at radius 3 is 1.74 bits per heavy atom. The topological polar surface area (TPSA) is 30.5 Å².